The van der Waals surface area contributed by atoms with Gasteiger partial charge in [0, 0.05) is 18.2 Å². The van der Waals surface area contributed by atoms with E-state index in [9.17, 15) is 9.59 Å². The Kier molecular flexibility index (Phi) is 5.46. The first-order valence-electron chi connectivity index (χ1n) is 10.1. The standard InChI is InChI=1S/C22H26N2O4/c1-15-20(21(23-28-15)17-9-3-2-4-10-17)22(26)27-14-19(25)24-13-7-11-16-8-5-6-12-18(16)24/h2-4,9-10,16,18H,5-8,11-14H2,1H3/t16-,18+/m1/s1. The Balaban J connectivity index is 1.44. The van der Waals surface area contributed by atoms with Crippen LogP contribution in [0, 0.1) is 12.8 Å². The maximum Gasteiger partial charge on any atom is 0.344 e. The largest absolute Gasteiger partial charge is 0.452 e. The van der Waals surface area contributed by atoms with Gasteiger partial charge in [-0.3, -0.25) is 4.79 Å². The number of hydrogen-bond donors (Lipinski definition) is 0. The number of esters is 1. The molecule has 4 rings (SSSR count). The lowest BCUT2D eigenvalue weighted by molar-refractivity contribution is -0.140. The number of aryl methyl sites for hydroxylation is 1. The van der Waals surface area contributed by atoms with Crippen LogP contribution in [0.15, 0.2) is 34.9 Å². The van der Waals surface area contributed by atoms with Crippen molar-refractivity contribution in [2.75, 3.05) is 13.2 Å². The lowest BCUT2D eigenvalue weighted by atomic mass is 9.78. The topological polar surface area (TPSA) is 72.6 Å². The van der Waals surface area contributed by atoms with Gasteiger partial charge in [0.2, 0.25) is 0 Å². The molecule has 28 heavy (non-hydrogen) atoms. The molecule has 6 nitrogen and oxygen atoms in total. The molecular formula is C22H26N2O4. The van der Waals surface area contributed by atoms with E-state index in [1.54, 1.807) is 6.92 Å². The predicted octanol–water partition coefficient (Wildman–Crippen LogP) is 3.99. The van der Waals surface area contributed by atoms with E-state index in [4.69, 9.17) is 9.26 Å². The monoisotopic (exact) mass is 382 g/mol. The summed E-state index contributed by atoms with van der Waals surface area (Å²) in [4.78, 5) is 27.4. The Morgan fingerprint density at radius 3 is 2.71 bits per heavy atom. The summed E-state index contributed by atoms with van der Waals surface area (Å²) in [6.07, 6.45) is 6.93. The van der Waals surface area contributed by atoms with E-state index in [0.717, 1.165) is 24.9 Å². The highest BCUT2D eigenvalue weighted by molar-refractivity contribution is 5.98. The molecule has 148 valence electrons. The molecule has 0 unspecified atom stereocenters. The van der Waals surface area contributed by atoms with Gasteiger partial charge >= 0.3 is 5.97 Å². The van der Waals surface area contributed by atoms with Crippen molar-refractivity contribution in [3.05, 3.63) is 41.7 Å². The number of carbonyl (C=O) groups is 2. The molecule has 0 bridgehead atoms. The third kappa shape index (κ3) is 3.68. The molecule has 6 heteroatoms. The second-order valence-electron chi connectivity index (χ2n) is 7.75. The highest BCUT2D eigenvalue weighted by Crippen LogP contribution is 2.35. The summed E-state index contributed by atoms with van der Waals surface area (Å²) < 4.78 is 10.6. The highest BCUT2D eigenvalue weighted by Gasteiger charge is 2.36. The molecule has 2 aliphatic rings. The molecule has 1 aromatic carbocycles. The van der Waals surface area contributed by atoms with Gasteiger partial charge in [0.1, 0.15) is 17.0 Å². The predicted molar refractivity (Wildman–Crippen MR) is 104 cm³/mol. The average molecular weight is 382 g/mol. The number of nitrogens with zero attached hydrogens (tertiary/aromatic N) is 2. The number of rotatable bonds is 4. The summed E-state index contributed by atoms with van der Waals surface area (Å²) in [6.45, 7) is 2.20. The van der Waals surface area contributed by atoms with E-state index < -0.39 is 5.97 Å². The molecule has 0 radical (unpaired) electrons. The number of amides is 1. The van der Waals surface area contributed by atoms with Crippen LogP contribution >= 0.6 is 0 Å². The van der Waals surface area contributed by atoms with E-state index in [2.05, 4.69) is 5.16 Å². The normalized spacial score (nSPS) is 21.8. The van der Waals surface area contributed by atoms with Gasteiger partial charge in [0.25, 0.3) is 5.91 Å². The van der Waals surface area contributed by atoms with Crippen LogP contribution in [0.3, 0.4) is 0 Å². The smallest absolute Gasteiger partial charge is 0.344 e. The lowest BCUT2D eigenvalue weighted by Crippen LogP contribution is -2.50. The number of carbonyl (C=O) groups excluding carboxylic acids is 2. The Morgan fingerprint density at radius 1 is 1.14 bits per heavy atom. The van der Waals surface area contributed by atoms with Gasteiger partial charge < -0.3 is 14.2 Å². The van der Waals surface area contributed by atoms with Crippen LogP contribution in [0.1, 0.15) is 54.6 Å². The molecular weight excluding hydrogens is 356 g/mol. The van der Waals surface area contributed by atoms with Crippen LogP contribution in [-0.2, 0) is 9.53 Å². The zero-order valence-electron chi connectivity index (χ0n) is 16.2. The van der Waals surface area contributed by atoms with Gasteiger partial charge in [-0.2, -0.15) is 0 Å². The molecule has 2 aromatic rings. The molecule has 2 atom stereocenters. The number of hydrogen-bond acceptors (Lipinski definition) is 5. The number of fused-ring (bicyclic) bond motifs is 1. The first-order chi connectivity index (χ1) is 13.6. The van der Waals surface area contributed by atoms with E-state index in [-0.39, 0.29) is 18.1 Å². The fourth-order valence-corrected chi connectivity index (χ4v) is 4.62. The van der Waals surface area contributed by atoms with Gasteiger partial charge in [-0.1, -0.05) is 48.3 Å². The van der Waals surface area contributed by atoms with E-state index in [1.165, 1.54) is 25.7 Å². The van der Waals surface area contributed by atoms with Crippen LogP contribution in [0.4, 0.5) is 0 Å². The molecule has 1 saturated carbocycles. The molecule has 1 aliphatic carbocycles. The minimum absolute atomic E-state index is 0.0969. The number of likely N-dealkylation sites (tertiary alicyclic amines) is 1. The summed E-state index contributed by atoms with van der Waals surface area (Å²) in [5.41, 5.74) is 1.51. The van der Waals surface area contributed by atoms with Crippen molar-refractivity contribution in [3.63, 3.8) is 0 Å². The molecule has 1 amide bonds. The fraction of sp³-hybridized carbons (Fsp3) is 0.500. The number of piperidine rings is 1. The lowest BCUT2D eigenvalue weighted by Gasteiger charge is -2.44. The first kappa shape index (κ1) is 18.7. The molecule has 1 aromatic heterocycles. The average Bonchev–Trinajstić information content (AvgIpc) is 3.13. The van der Waals surface area contributed by atoms with Crippen molar-refractivity contribution in [2.24, 2.45) is 5.92 Å². The van der Waals surface area contributed by atoms with Crippen molar-refractivity contribution < 1.29 is 18.8 Å². The van der Waals surface area contributed by atoms with Gasteiger partial charge in [-0.15, -0.1) is 0 Å². The summed E-state index contributed by atoms with van der Waals surface area (Å²) >= 11 is 0. The summed E-state index contributed by atoms with van der Waals surface area (Å²) in [6, 6.07) is 9.66. The van der Waals surface area contributed by atoms with Crippen molar-refractivity contribution in [1.29, 1.82) is 0 Å². The van der Waals surface area contributed by atoms with Gasteiger partial charge in [0.05, 0.1) is 0 Å². The third-order valence-corrected chi connectivity index (χ3v) is 6.00. The second kappa shape index (κ2) is 8.17. The highest BCUT2D eigenvalue weighted by atomic mass is 16.5. The second-order valence-corrected chi connectivity index (χ2v) is 7.75. The maximum atomic E-state index is 12.8. The Labute approximate surface area is 164 Å². The van der Waals surface area contributed by atoms with Gasteiger partial charge in [-0.05, 0) is 38.5 Å². The Hall–Kier alpha value is -2.63. The maximum absolute atomic E-state index is 12.8. The summed E-state index contributed by atoms with van der Waals surface area (Å²) in [7, 11) is 0. The van der Waals surface area contributed by atoms with E-state index >= 15 is 0 Å². The van der Waals surface area contributed by atoms with E-state index in [1.807, 2.05) is 35.2 Å². The SMILES string of the molecule is Cc1onc(-c2ccccc2)c1C(=O)OCC(=O)N1CCC[C@H]2CCCC[C@@H]21. The Morgan fingerprint density at radius 2 is 1.89 bits per heavy atom. The molecule has 1 aliphatic heterocycles. The summed E-state index contributed by atoms with van der Waals surface area (Å²) in [5, 5.41) is 4.01. The molecule has 1 saturated heterocycles. The molecule has 2 fully saturated rings. The van der Waals surface area contributed by atoms with Crippen LogP contribution in [0.5, 0.6) is 0 Å². The number of benzene rings is 1. The van der Waals surface area contributed by atoms with Crippen molar-refractivity contribution >= 4 is 11.9 Å². The third-order valence-electron chi connectivity index (χ3n) is 6.00. The van der Waals surface area contributed by atoms with Gasteiger partial charge in [0.15, 0.2) is 6.61 Å². The van der Waals surface area contributed by atoms with Crippen LogP contribution in [-0.4, -0.2) is 41.1 Å². The van der Waals surface area contributed by atoms with Crippen molar-refractivity contribution in [3.8, 4) is 11.3 Å². The van der Waals surface area contributed by atoms with E-state index in [0.29, 0.717) is 23.4 Å². The molecule has 0 N–H and O–H groups in total. The zero-order valence-corrected chi connectivity index (χ0v) is 16.2. The molecule has 0 spiro atoms. The zero-order chi connectivity index (χ0) is 19.5. The molecule has 2 heterocycles. The Bertz CT molecular complexity index is 843. The van der Waals surface area contributed by atoms with Crippen molar-refractivity contribution in [2.45, 2.75) is 51.5 Å². The minimum Gasteiger partial charge on any atom is -0.452 e. The minimum atomic E-state index is -0.567. The van der Waals surface area contributed by atoms with Crippen LogP contribution in [0.25, 0.3) is 11.3 Å². The van der Waals surface area contributed by atoms with Gasteiger partial charge in [-0.25, -0.2) is 4.79 Å². The van der Waals surface area contributed by atoms with Crippen molar-refractivity contribution in [1.82, 2.24) is 10.1 Å². The van der Waals surface area contributed by atoms with Crippen LogP contribution < -0.4 is 0 Å². The summed E-state index contributed by atoms with van der Waals surface area (Å²) in [5.74, 6) is 0.331. The first-order valence-corrected chi connectivity index (χ1v) is 10.1. The number of aromatic nitrogens is 1. The quantitative estimate of drug-likeness (QED) is 0.748. The fourth-order valence-electron chi connectivity index (χ4n) is 4.62. The van der Waals surface area contributed by atoms with Crippen LogP contribution in [0.2, 0.25) is 0 Å². The number of ether oxygens (including phenoxy) is 1.